The largest absolute Gasteiger partial charge is 0.341 e. The summed E-state index contributed by atoms with van der Waals surface area (Å²) in [5.41, 5.74) is 9.30. The van der Waals surface area contributed by atoms with E-state index in [0.29, 0.717) is 0 Å². The fourth-order valence-electron chi connectivity index (χ4n) is 2.84. The van der Waals surface area contributed by atoms with Gasteiger partial charge in [0.1, 0.15) is 5.82 Å². The number of aromatic amines is 1. The normalized spacial score (nSPS) is 11.3. The second kappa shape index (κ2) is 6.17. The van der Waals surface area contributed by atoms with Crippen molar-refractivity contribution in [2.75, 3.05) is 0 Å². The summed E-state index contributed by atoms with van der Waals surface area (Å²) < 4.78 is 0. The van der Waals surface area contributed by atoms with E-state index in [2.05, 4.69) is 55.9 Å². The first-order valence-electron chi connectivity index (χ1n) is 7.64. The van der Waals surface area contributed by atoms with Crippen LogP contribution in [-0.4, -0.2) is 9.97 Å². The fourth-order valence-corrected chi connectivity index (χ4v) is 3.91. The number of nitrogens with one attached hydrogen (secondary N) is 1. The van der Waals surface area contributed by atoms with Gasteiger partial charge in [0.25, 0.3) is 0 Å². The minimum Gasteiger partial charge on any atom is -0.341 e. The van der Waals surface area contributed by atoms with Gasteiger partial charge in [-0.3, -0.25) is 0 Å². The van der Waals surface area contributed by atoms with Crippen LogP contribution >= 0.6 is 11.8 Å². The lowest BCUT2D eigenvalue weighted by Crippen LogP contribution is -1.98. The van der Waals surface area contributed by atoms with Crippen molar-refractivity contribution in [3.05, 3.63) is 64.0 Å². The highest BCUT2D eigenvalue weighted by Crippen LogP contribution is 2.27. The van der Waals surface area contributed by atoms with E-state index in [1.807, 2.05) is 23.9 Å². The van der Waals surface area contributed by atoms with Crippen molar-refractivity contribution < 1.29 is 0 Å². The standard InChI is InChI=1S/C19H22N2S/c1-12-9-13(2)15(4)16(14(12)3)10-22-11-19-20-17-7-5-6-8-18(17)21-19/h5-9H,10-11H2,1-4H3,(H,20,21). The Morgan fingerprint density at radius 1 is 0.955 bits per heavy atom. The molecule has 22 heavy (non-hydrogen) atoms. The van der Waals surface area contributed by atoms with Crippen LogP contribution in [0.5, 0.6) is 0 Å². The van der Waals surface area contributed by atoms with Crippen molar-refractivity contribution in [1.29, 1.82) is 0 Å². The third-order valence-corrected chi connectivity index (χ3v) is 5.42. The summed E-state index contributed by atoms with van der Waals surface area (Å²) in [5, 5.41) is 0. The van der Waals surface area contributed by atoms with Crippen molar-refractivity contribution in [3.8, 4) is 0 Å². The summed E-state index contributed by atoms with van der Waals surface area (Å²) in [6.45, 7) is 8.88. The van der Waals surface area contributed by atoms with Gasteiger partial charge in [-0.2, -0.15) is 0 Å². The minimum absolute atomic E-state index is 0.917. The Kier molecular flexibility index (Phi) is 4.25. The highest BCUT2D eigenvalue weighted by Gasteiger charge is 2.09. The molecule has 1 N–H and O–H groups in total. The molecule has 0 fully saturated rings. The van der Waals surface area contributed by atoms with Gasteiger partial charge in [0.2, 0.25) is 0 Å². The van der Waals surface area contributed by atoms with E-state index in [-0.39, 0.29) is 0 Å². The van der Waals surface area contributed by atoms with Gasteiger partial charge in [0.05, 0.1) is 16.8 Å². The van der Waals surface area contributed by atoms with Crippen LogP contribution in [0.3, 0.4) is 0 Å². The van der Waals surface area contributed by atoms with E-state index >= 15 is 0 Å². The number of H-pyrrole nitrogens is 1. The smallest absolute Gasteiger partial charge is 0.117 e. The molecule has 0 aliphatic rings. The first-order chi connectivity index (χ1) is 10.6. The maximum atomic E-state index is 4.65. The number of aromatic nitrogens is 2. The average Bonchev–Trinajstić information content (AvgIpc) is 2.91. The molecule has 2 nitrogen and oxygen atoms in total. The van der Waals surface area contributed by atoms with Gasteiger partial charge in [-0.05, 0) is 67.6 Å². The SMILES string of the molecule is Cc1cc(C)c(C)c(CSCc2nc3ccccc3[nH]2)c1C. The lowest BCUT2D eigenvalue weighted by molar-refractivity contribution is 1.13. The molecule has 0 unspecified atom stereocenters. The van der Waals surface area contributed by atoms with Crippen molar-refractivity contribution in [1.82, 2.24) is 9.97 Å². The minimum atomic E-state index is 0.917. The molecule has 3 rings (SSSR count). The molecule has 0 spiro atoms. The summed E-state index contributed by atoms with van der Waals surface area (Å²) in [6.07, 6.45) is 0. The lowest BCUT2D eigenvalue weighted by Gasteiger charge is -2.14. The van der Waals surface area contributed by atoms with Gasteiger partial charge >= 0.3 is 0 Å². The van der Waals surface area contributed by atoms with Crippen molar-refractivity contribution in [2.24, 2.45) is 0 Å². The molecule has 0 aliphatic carbocycles. The Hall–Kier alpha value is -1.74. The molecule has 1 heterocycles. The second-order valence-electron chi connectivity index (χ2n) is 5.93. The van der Waals surface area contributed by atoms with E-state index in [4.69, 9.17) is 0 Å². The Bertz CT molecular complexity index is 758. The van der Waals surface area contributed by atoms with Crippen LogP contribution in [0.25, 0.3) is 11.0 Å². The third-order valence-electron chi connectivity index (χ3n) is 4.44. The topological polar surface area (TPSA) is 28.7 Å². The number of nitrogens with zero attached hydrogens (tertiary/aromatic N) is 1. The second-order valence-corrected chi connectivity index (χ2v) is 6.92. The van der Waals surface area contributed by atoms with Gasteiger partial charge in [0, 0.05) is 5.75 Å². The monoisotopic (exact) mass is 310 g/mol. The van der Waals surface area contributed by atoms with Gasteiger partial charge in [-0.25, -0.2) is 4.98 Å². The predicted molar refractivity (Wildman–Crippen MR) is 96.5 cm³/mol. The van der Waals surface area contributed by atoms with Crippen LogP contribution in [0.15, 0.2) is 30.3 Å². The molecular weight excluding hydrogens is 288 g/mol. The van der Waals surface area contributed by atoms with E-state index < -0.39 is 0 Å². The molecule has 2 aromatic carbocycles. The summed E-state index contributed by atoms with van der Waals surface area (Å²) >= 11 is 1.93. The quantitative estimate of drug-likeness (QED) is 0.715. The summed E-state index contributed by atoms with van der Waals surface area (Å²) in [4.78, 5) is 8.05. The third kappa shape index (κ3) is 2.91. The number of fused-ring (bicyclic) bond motifs is 1. The number of benzene rings is 2. The molecule has 0 bridgehead atoms. The van der Waals surface area contributed by atoms with Crippen LogP contribution in [0, 0.1) is 27.7 Å². The lowest BCUT2D eigenvalue weighted by atomic mass is 9.95. The van der Waals surface area contributed by atoms with E-state index in [1.165, 1.54) is 27.8 Å². The Balaban J connectivity index is 1.73. The Labute approximate surface area is 136 Å². The van der Waals surface area contributed by atoms with Crippen LogP contribution in [0.4, 0.5) is 0 Å². The maximum Gasteiger partial charge on any atom is 0.117 e. The molecule has 0 saturated carbocycles. The van der Waals surface area contributed by atoms with Crippen LogP contribution in [0.1, 0.15) is 33.6 Å². The fraction of sp³-hybridized carbons (Fsp3) is 0.316. The first kappa shape index (κ1) is 15.2. The molecule has 1 aromatic heterocycles. The summed E-state index contributed by atoms with van der Waals surface area (Å²) in [6, 6.07) is 10.5. The number of rotatable bonds is 4. The molecule has 3 aromatic rings. The number of hydrogen-bond donors (Lipinski definition) is 1. The van der Waals surface area contributed by atoms with Crippen molar-refractivity contribution in [3.63, 3.8) is 0 Å². The average molecular weight is 310 g/mol. The van der Waals surface area contributed by atoms with Crippen LogP contribution in [0.2, 0.25) is 0 Å². The van der Waals surface area contributed by atoms with E-state index in [9.17, 15) is 0 Å². The summed E-state index contributed by atoms with van der Waals surface area (Å²) in [5.74, 6) is 3.02. The first-order valence-corrected chi connectivity index (χ1v) is 8.79. The molecule has 0 atom stereocenters. The molecular formula is C19H22N2S. The van der Waals surface area contributed by atoms with Crippen LogP contribution in [-0.2, 0) is 11.5 Å². The zero-order valence-electron chi connectivity index (χ0n) is 13.7. The maximum absolute atomic E-state index is 4.65. The number of para-hydroxylation sites is 2. The molecule has 0 amide bonds. The zero-order chi connectivity index (χ0) is 15.7. The van der Waals surface area contributed by atoms with Gasteiger partial charge < -0.3 is 4.98 Å². The number of thioether (sulfide) groups is 1. The molecule has 3 heteroatoms. The van der Waals surface area contributed by atoms with Gasteiger partial charge in [-0.15, -0.1) is 11.8 Å². The number of aryl methyl sites for hydroxylation is 2. The summed E-state index contributed by atoms with van der Waals surface area (Å²) in [7, 11) is 0. The molecule has 0 aliphatic heterocycles. The number of hydrogen-bond acceptors (Lipinski definition) is 2. The van der Waals surface area contributed by atoms with E-state index in [0.717, 1.165) is 28.4 Å². The molecule has 114 valence electrons. The highest BCUT2D eigenvalue weighted by atomic mass is 32.2. The molecule has 0 radical (unpaired) electrons. The number of imidazole rings is 1. The van der Waals surface area contributed by atoms with Crippen LogP contribution < -0.4 is 0 Å². The Morgan fingerprint density at radius 3 is 2.32 bits per heavy atom. The molecule has 0 saturated heterocycles. The van der Waals surface area contributed by atoms with Gasteiger partial charge in [0.15, 0.2) is 0 Å². The van der Waals surface area contributed by atoms with Gasteiger partial charge in [-0.1, -0.05) is 18.2 Å². The van der Waals surface area contributed by atoms with E-state index in [1.54, 1.807) is 0 Å². The van der Waals surface area contributed by atoms with Crippen molar-refractivity contribution in [2.45, 2.75) is 39.2 Å². The zero-order valence-corrected chi connectivity index (χ0v) is 14.5. The van der Waals surface area contributed by atoms with Crippen molar-refractivity contribution >= 4 is 22.8 Å². The Morgan fingerprint density at radius 2 is 1.64 bits per heavy atom. The highest BCUT2D eigenvalue weighted by molar-refractivity contribution is 7.97. The predicted octanol–water partition coefficient (Wildman–Crippen LogP) is 5.23.